The monoisotopic (exact) mass is 909 g/mol. The van der Waals surface area contributed by atoms with Crippen molar-refractivity contribution in [3.05, 3.63) is 283 Å². The maximum absolute atomic E-state index is 2.52. The summed E-state index contributed by atoms with van der Waals surface area (Å²) in [6, 6.07) is 98.2. The van der Waals surface area contributed by atoms with Gasteiger partial charge in [0, 0.05) is 17.1 Å². The number of benzene rings is 13. The third-order valence-electron chi connectivity index (χ3n) is 16.4. The van der Waals surface area contributed by atoms with Gasteiger partial charge in [-0.1, -0.05) is 224 Å². The van der Waals surface area contributed by atoms with Crippen molar-refractivity contribution in [1.82, 2.24) is 0 Å². The van der Waals surface area contributed by atoms with Gasteiger partial charge in [-0.15, -0.1) is 0 Å². The molecular formula is C71H43N. The van der Waals surface area contributed by atoms with Crippen molar-refractivity contribution in [2.45, 2.75) is 5.41 Å². The first-order valence-corrected chi connectivity index (χ1v) is 25.2. The second-order valence-electron chi connectivity index (χ2n) is 19.9. The topological polar surface area (TPSA) is 3.24 Å². The van der Waals surface area contributed by atoms with Crippen LogP contribution in [0.3, 0.4) is 0 Å². The Bertz CT molecular complexity index is 4480. The fraction of sp³-hybridized carbons (Fsp3) is 0.0141. The first-order valence-electron chi connectivity index (χ1n) is 25.2. The fourth-order valence-electron chi connectivity index (χ4n) is 13.4. The average molecular weight is 910 g/mol. The molecule has 0 unspecified atom stereocenters. The van der Waals surface area contributed by atoms with Crippen LogP contribution in [0.4, 0.5) is 17.1 Å². The van der Waals surface area contributed by atoms with E-state index < -0.39 is 5.41 Å². The Morgan fingerprint density at radius 3 is 1.15 bits per heavy atom. The van der Waals surface area contributed by atoms with Crippen LogP contribution in [0.2, 0.25) is 0 Å². The largest absolute Gasteiger partial charge is 0.310 e. The second-order valence-corrected chi connectivity index (χ2v) is 19.9. The maximum Gasteiger partial charge on any atom is 0.0726 e. The van der Waals surface area contributed by atoms with Crippen molar-refractivity contribution in [1.29, 1.82) is 0 Å². The van der Waals surface area contributed by atoms with Crippen LogP contribution in [0.15, 0.2) is 261 Å². The SMILES string of the molecule is c1ccc(-c2ccc(-c3ccc(N(c4ccc5c(c4)C4(c6ccccc6-c6ccccc64)c4ccccc4-5)c4cc5ccc6cccc7c8cccc9ccc%10cccc(c(c4)c5c67)c%10c98)cc3)cc2)cc1. The summed E-state index contributed by atoms with van der Waals surface area (Å²) in [7, 11) is 0. The lowest BCUT2D eigenvalue weighted by atomic mass is 9.70. The number of anilines is 3. The molecule has 1 nitrogen and oxygen atoms in total. The van der Waals surface area contributed by atoms with Gasteiger partial charge in [0.2, 0.25) is 0 Å². The van der Waals surface area contributed by atoms with E-state index >= 15 is 0 Å². The molecule has 2 aliphatic carbocycles. The standard InChI is InChI=1S/C71H43N/c1-2-13-44(14-3-1)45-27-29-46(30-28-45)47-35-37-52(38-36-47)72(53-39-40-58-57-20-6-9-26-65(57)71(66(58)43-53)63-24-7-4-18-55(63)56-19-5-8-25-64(56)71)54-41-51-34-33-50-16-11-22-60-59-21-10-15-48-31-32-49-17-12-23-61(69(49)67(48)59)62(42-54)70(51)68(50)60/h1-43H. The predicted octanol–water partition coefficient (Wildman–Crippen LogP) is 19.2. The predicted molar refractivity (Wildman–Crippen MR) is 305 cm³/mol. The van der Waals surface area contributed by atoms with Crippen molar-refractivity contribution in [2.75, 3.05) is 4.90 Å². The van der Waals surface area contributed by atoms with Crippen LogP contribution in [-0.4, -0.2) is 0 Å². The van der Waals surface area contributed by atoms with Gasteiger partial charge in [0.15, 0.2) is 0 Å². The zero-order chi connectivity index (χ0) is 47.1. The molecule has 0 N–H and O–H groups in total. The normalized spacial score (nSPS) is 13.1. The molecule has 0 bridgehead atoms. The van der Waals surface area contributed by atoms with Crippen LogP contribution >= 0.6 is 0 Å². The molecular weight excluding hydrogens is 867 g/mol. The van der Waals surface area contributed by atoms with Crippen LogP contribution in [0.25, 0.3) is 109 Å². The molecule has 0 heterocycles. The summed E-state index contributed by atoms with van der Waals surface area (Å²) in [5, 5.41) is 15.3. The molecule has 0 aliphatic heterocycles. The zero-order valence-corrected chi connectivity index (χ0v) is 39.3. The van der Waals surface area contributed by atoms with E-state index in [9.17, 15) is 0 Å². The minimum atomic E-state index is -0.473. The second kappa shape index (κ2) is 14.9. The summed E-state index contributed by atoms with van der Waals surface area (Å²) in [5.74, 6) is 0. The Morgan fingerprint density at radius 2 is 0.625 bits per heavy atom. The summed E-state index contributed by atoms with van der Waals surface area (Å²) < 4.78 is 0. The summed E-state index contributed by atoms with van der Waals surface area (Å²) >= 11 is 0. The highest BCUT2D eigenvalue weighted by atomic mass is 15.1. The fourth-order valence-corrected chi connectivity index (χ4v) is 13.4. The van der Waals surface area contributed by atoms with Crippen molar-refractivity contribution in [3.63, 3.8) is 0 Å². The van der Waals surface area contributed by atoms with E-state index in [0.29, 0.717) is 0 Å². The Kier molecular flexibility index (Phi) is 8.16. The summed E-state index contributed by atoms with van der Waals surface area (Å²) in [6.45, 7) is 0. The first-order chi connectivity index (χ1) is 35.7. The van der Waals surface area contributed by atoms with Crippen molar-refractivity contribution in [3.8, 4) is 44.5 Å². The van der Waals surface area contributed by atoms with E-state index in [1.165, 1.54) is 131 Å². The molecule has 0 amide bonds. The highest BCUT2D eigenvalue weighted by Gasteiger charge is 2.51. The summed E-state index contributed by atoms with van der Waals surface area (Å²) in [4.78, 5) is 2.52. The van der Waals surface area contributed by atoms with E-state index in [1.807, 2.05) is 0 Å². The number of rotatable bonds is 5. The molecule has 0 atom stereocenters. The number of hydrogen-bond acceptors (Lipinski definition) is 1. The van der Waals surface area contributed by atoms with Gasteiger partial charge >= 0.3 is 0 Å². The Morgan fingerprint density at radius 1 is 0.222 bits per heavy atom. The number of nitrogens with zero attached hydrogens (tertiary/aromatic N) is 1. The van der Waals surface area contributed by atoms with Gasteiger partial charge in [-0.25, -0.2) is 0 Å². The molecule has 0 fully saturated rings. The molecule has 16 rings (SSSR count). The van der Waals surface area contributed by atoms with Crippen LogP contribution in [0, 0.1) is 0 Å². The van der Waals surface area contributed by atoms with Gasteiger partial charge in [-0.3, -0.25) is 0 Å². The number of fused-ring (bicyclic) bond motifs is 12. The molecule has 0 aromatic heterocycles. The molecule has 14 aromatic carbocycles. The molecule has 0 radical (unpaired) electrons. The van der Waals surface area contributed by atoms with Crippen molar-refractivity contribution < 1.29 is 0 Å². The lowest BCUT2D eigenvalue weighted by Crippen LogP contribution is -2.26. The van der Waals surface area contributed by atoms with E-state index in [2.05, 4.69) is 266 Å². The van der Waals surface area contributed by atoms with E-state index in [-0.39, 0.29) is 0 Å². The minimum absolute atomic E-state index is 0.473. The maximum atomic E-state index is 2.52. The van der Waals surface area contributed by atoms with Gasteiger partial charge in [-0.2, -0.15) is 0 Å². The van der Waals surface area contributed by atoms with Gasteiger partial charge in [0.1, 0.15) is 0 Å². The quantitative estimate of drug-likeness (QED) is 0.156. The molecule has 0 saturated heterocycles. The molecule has 1 spiro atoms. The zero-order valence-electron chi connectivity index (χ0n) is 39.3. The van der Waals surface area contributed by atoms with Crippen LogP contribution in [0.5, 0.6) is 0 Å². The third kappa shape index (κ3) is 5.37. The molecule has 332 valence electrons. The molecule has 14 aromatic rings. The number of hydrogen-bond donors (Lipinski definition) is 0. The first kappa shape index (κ1) is 39.5. The summed E-state index contributed by atoms with van der Waals surface area (Å²) in [6.07, 6.45) is 0. The lowest BCUT2D eigenvalue weighted by Gasteiger charge is -2.32. The molecule has 0 saturated carbocycles. The summed E-state index contributed by atoms with van der Waals surface area (Å²) in [5.41, 5.74) is 18.2. The van der Waals surface area contributed by atoms with Crippen LogP contribution in [0.1, 0.15) is 22.3 Å². The Labute approximate surface area is 417 Å². The third-order valence-corrected chi connectivity index (χ3v) is 16.4. The minimum Gasteiger partial charge on any atom is -0.310 e. The highest BCUT2D eigenvalue weighted by Crippen LogP contribution is 2.63. The van der Waals surface area contributed by atoms with Crippen LogP contribution in [-0.2, 0) is 5.41 Å². The van der Waals surface area contributed by atoms with Gasteiger partial charge < -0.3 is 4.90 Å². The highest BCUT2D eigenvalue weighted by molar-refractivity contribution is 6.37. The van der Waals surface area contributed by atoms with Gasteiger partial charge in [-0.05, 0) is 168 Å². The lowest BCUT2D eigenvalue weighted by molar-refractivity contribution is 0.793. The molecule has 1 heteroatoms. The Hall–Kier alpha value is -9.30. The van der Waals surface area contributed by atoms with Crippen molar-refractivity contribution >= 4 is 81.7 Å². The van der Waals surface area contributed by atoms with Crippen molar-refractivity contribution in [2.24, 2.45) is 0 Å². The smallest absolute Gasteiger partial charge is 0.0726 e. The van der Waals surface area contributed by atoms with E-state index in [1.54, 1.807) is 0 Å². The average Bonchev–Trinajstić information content (AvgIpc) is 3.92. The van der Waals surface area contributed by atoms with Gasteiger partial charge in [0.25, 0.3) is 0 Å². The molecule has 2 aliphatic rings. The Balaban J connectivity index is 0.976. The molecule has 72 heavy (non-hydrogen) atoms. The van der Waals surface area contributed by atoms with Gasteiger partial charge in [0.05, 0.1) is 5.41 Å². The van der Waals surface area contributed by atoms with E-state index in [4.69, 9.17) is 0 Å². The van der Waals surface area contributed by atoms with Crippen LogP contribution < -0.4 is 4.90 Å². The van der Waals surface area contributed by atoms with E-state index in [0.717, 1.165) is 17.1 Å².